The normalized spacial score (nSPS) is 19.9. The molecule has 2 heterocycles. The van der Waals surface area contributed by atoms with Gasteiger partial charge in [-0.1, -0.05) is 0 Å². The molecule has 0 radical (unpaired) electrons. The maximum Gasteiger partial charge on any atom is 0.156 e. The molecular formula is C14H15FN2O2. The van der Waals surface area contributed by atoms with Crippen LogP contribution in [0.15, 0.2) is 18.3 Å². The average molecular weight is 262 g/mol. The van der Waals surface area contributed by atoms with Gasteiger partial charge in [0.05, 0.1) is 24.1 Å². The van der Waals surface area contributed by atoms with E-state index in [2.05, 4.69) is 4.98 Å². The van der Waals surface area contributed by atoms with Crippen molar-refractivity contribution >= 4 is 5.78 Å². The third kappa shape index (κ3) is 3.58. The summed E-state index contributed by atoms with van der Waals surface area (Å²) in [7, 11) is 0. The van der Waals surface area contributed by atoms with E-state index in [0.717, 1.165) is 25.6 Å². The van der Waals surface area contributed by atoms with Crippen LogP contribution in [-0.2, 0) is 9.53 Å². The molecule has 0 N–H and O–H groups in total. The van der Waals surface area contributed by atoms with Gasteiger partial charge in [0.25, 0.3) is 0 Å². The molecule has 0 amide bonds. The minimum atomic E-state index is -0.915. The number of nitrogens with zero attached hydrogens (tertiary/aromatic N) is 2. The molecular weight excluding hydrogens is 247 g/mol. The van der Waals surface area contributed by atoms with Crippen LogP contribution in [0.1, 0.15) is 37.3 Å². The highest BCUT2D eigenvalue weighted by Crippen LogP contribution is 2.21. The van der Waals surface area contributed by atoms with Gasteiger partial charge in [-0.25, -0.2) is 4.39 Å². The summed E-state index contributed by atoms with van der Waals surface area (Å²) in [6.07, 6.45) is 4.08. The highest BCUT2D eigenvalue weighted by atomic mass is 19.1. The number of carbonyl (C=O) groups is 1. The summed E-state index contributed by atoms with van der Waals surface area (Å²) in [4.78, 5) is 15.8. The van der Waals surface area contributed by atoms with Crippen LogP contribution in [0.4, 0.5) is 4.39 Å². The van der Waals surface area contributed by atoms with E-state index < -0.39 is 11.7 Å². The fraction of sp³-hybridized carbons (Fsp3) is 0.500. The Hall–Kier alpha value is -1.80. The van der Waals surface area contributed by atoms with Crippen molar-refractivity contribution < 1.29 is 13.9 Å². The number of hydrogen-bond donors (Lipinski definition) is 0. The van der Waals surface area contributed by atoms with Gasteiger partial charge in [0, 0.05) is 13.0 Å². The quantitative estimate of drug-likeness (QED) is 0.817. The van der Waals surface area contributed by atoms with Gasteiger partial charge in [-0.2, -0.15) is 5.26 Å². The van der Waals surface area contributed by atoms with Gasteiger partial charge in [0.1, 0.15) is 11.7 Å². The van der Waals surface area contributed by atoms with Crippen molar-refractivity contribution in [2.24, 2.45) is 0 Å². The van der Waals surface area contributed by atoms with Crippen molar-refractivity contribution in [3.8, 4) is 6.07 Å². The lowest BCUT2D eigenvalue weighted by atomic mass is 9.96. The Morgan fingerprint density at radius 2 is 2.47 bits per heavy atom. The predicted molar refractivity (Wildman–Crippen MR) is 65.8 cm³/mol. The van der Waals surface area contributed by atoms with Crippen LogP contribution in [-0.4, -0.2) is 23.5 Å². The fourth-order valence-electron chi connectivity index (χ4n) is 2.18. The molecule has 1 fully saturated rings. The van der Waals surface area contributed by atoms with E-state index in [1.807, 2.05) is 6.07 Å². The number of pyridine rings is 1. The summed E-state index contributed by atoms with van der Waals surface area (Å²) in [5.74, 6) is -1.58. The number of nitriles is 1. The first kappa shape index (κ1) is 13.6. The van der Waals surface area contributed by atoms with E-state index >= 15 is 0 Å². The van der Waals surface area contributed by atoms with E-state index in [1.165, 1.54) is 12.1 Å². The van der Waals surface area contributed by atoms with Crippen molar-refractivity contribution in [2.45, 2.75) is 37.7 Å². The van der Waals surface area contributed by atoms with E-state index in [0.29, 0.717) is 18.5 Å². The van der Waals surface area contributed by atoms with Gasteiger partial charge in [0.2, 0.25) is 0 Å². The second-order valence-electron chi connectivity index (χ2n) is 4.60. The molecule has 1 saturated heterocycles. The van der Waals surface area contributed by atoms with Gasteiger partial charge in [-0.3, -0.25) is 9.78 Å². The summed E-state index contributed by atoms with van der Waals surface area (Å²) in [5, 5.41) is 9.08. The molecule has 0 spiro atoms. The number of ether oxygens (including phenoxy) is 1. The van der Waals surface area contributed by atoms with Gasteiger partial charge >= 0.3 is 0 Å². The SMILES string of the molecule is N#C[C@@H](C(=O)CC[C@H]1CCCO1)c1ccc(F)cn1. The fourth-order valence-corrected chi connectivity index (χ4v) is 2.18. The van der Waals surface area contributed by atoms with Crippen molar-refractivity contribution in [1.82, 2.24) is 4.98 Å². The molecule has 5 heteroatoms. The van der Waals surface area contributed by atoms with Crippen LogP contribution in [0.2, 0.25) is 0 Å². The number of aromatic nitrogens is 1. The average Bonchev–Trinajstić information content (AvgIpc) is 2.92. The molecule has 1 aliphatic rings. The molecule has 0 aliphatic carbocycles. The number of carbonyl (C=O) groups excluding carboxylic acids is 1. The molecule has 4 nitrogen and oxygen atoms in total. The molecule has 2 atom stereocenters. The third-order valence-corrected chi connectivity index (χ3v) is 3.23. The molecule has 0 unspecified atom stereocenters. The number of Topliss-reactive ketones (excluding diaryl/α,β-unsaturated/α-hetero) is 1. The highest BCUT2D eigenvalue weighted by molar-refractivity contribution is 5.87. The predicted octanol–water partition coefficient (Wildman–Crippen LogP) is 2.36. The lowest BCUT2D eigenvalue weighted by Crippen LogP contribution is -2.15. The van der Waals surface area contributed by atoms with Crippen LogP contribution in [0, 0.1) is 17.1 Å². The Bertz CT molecular complexity index is 475. The zero-order valence-electron chi connectivity index (χ0n) is 10.5. The summed E-state index contributed by atoms with van der Waals surface area (Å²) >= 11 is 0. The lowest BCUT2D eigenvalue weighted by molar-refractivity contribution is -0.120. The topological polar surface area (TPSA) is 63.0 Å². The highest BCUT2D eigenvalue weighted by Gasteiger charge is 2.23. The molecule has 0 saturated carbocycles. The zero-order valence-corrected chi connectivity index (χ0v) is 10.5. The molecule has 0 bridgehead atoms. The van der Waals surface area contributed by atoms with E-state index in [1.54, 1.807) is 0 Å². The van der Waals surface area contributed by atoms with E-state index in [9.17, 15) is 9.18 Å². The molecule has 1 aromatic heterocycles. The van der Waals surface area contributed by atoms with Crippen LogP contribution in [0.25, 0.3) is 0 Å². The summed E-state index contributed by atoms with van der Waals surface area (Å²) in [5.41, 5.74) is 0.307. The summed E-state index contributed by atoms with van der Waals surface area (Å²) < 4.78 is 18.2. The van der Waals surface area contributed by atoms with E-state index in [4.69, 9.17) is 10.00 Å². The number of ketones is 1. The number of hydrogen-bond acceptors (Lipinski definition) is 4. The van der Waals surface area contributed by atoms with Crippen LogP contribution in [0.5, 0.6) is 0 Å². The minimum Gasteiger partial charge on any atom is -0.378 e. The number of rotatable bonds is 5. The first-order valence-corrected chi connectivity index (χ1v) is 6.36. The van der Waals surface area contributed by atoms with E-state index in [-0.39, 0.29) is 11.9 Å². The van der Waals surface area contributed by atoms with Crippen molar-refractivity contribution in [3.63, 3.8) is 0 Å². The molecule has 2 rings (SSSR count). The maximum atomic E-state index is 12.8. The first-order valence-electron chi connectivity index (χ1n) is 6.36. The first-order chi connectivity index (χ1) is 9.20. The number of halogens is 1. The minimum absolute atomic E-state index is 0.129. The largest absolute Gasteiger partial charge is 0.378 e. The summed E-state index contributed by atoms with van der Waals surface area (Å²) in [6, 6.07) is 4.53. The zero-order chi connectivity index (χ0) is 13.7. The second-order valence-corrected chi connectivity index (χ2v) is 4.60. The monoisotopic (exact) mass is 262 g/mol. The Morgan fingerprint density at radius 3 is 3.05 bits per heavy atom. The van der Waals surface area contributed by atoms with Crippen molar-refractivity contribution in [1.29, 1.82) is 5.26 Å². The Labute approximate surface area is 111 Å². The Morgan fingerprint density at radius 1 is 1.63 bits per heavy atom. The molecule has 100 valence electrons. The smallest absolute Gasteiger partial charge is 0.156 e. The van der Waals surface area contributed by atoms with Crippen LogP contribution >= 0.6 is 0 Å². The van der Waals surface area contributed by atoms with Crippen molar-refractivity contribution in [3.05, 3.63) is 29.8 Å². The maximum absolute atomic E-state index is 12.8. The Kier molecular flexibility index (Phi) is 4.58. The lowest BCUT2D eigenvalue weighted by Gasteiger charge is -2.10. The molecule has 1 aliphatic heterocycles. The molecule has 1 aromatic rings. The van der Waals surface area contributed by atoms with Crippen molar-refractivity contribution in [2.75, 3.05) is 6.61 Å². The standard InChI is InChI=1S/C14H15FN2O2/c15-10-3-5-13(17-9-10)12(8-16)14(18)6-4-11-2-1-7-19-11/h3,5,9,11-12H,1-2,4,6-7H2/t11-,12-/m1/s1. The molecule has 19 heavy (non-hydrogen) atoms. The van der Waals surface area contributed by atoms with Gasteiger partial charge in [0.15, 0.2) is 5.78 Å². The third-order valence-electron chi connectivity index (χ3n) is 3.23. The molecule has 0 aromatic carbocycles. The Balaban J connectivity index is 1.95. The van der Waals surface area contributed by atoms with Gasteiger partial charge in [-0.15, -0.1) is 0 Å². The summed E-state index contributed by atoms with van der Waals surface area (Å²) in [6.45, 7) is 0.750. The van der Waals surface area contributed by atoms with Gasteiger partial charge in [-0.05, 0) is 31.4 Å². The second kappa shape index (κ2) is 6.39. The van der Waals surface area contributed by atoms with Gasteiger partial charge < -0.3 is 4.74 Å². The van der Waals surface area contributed by atoms with Crippen LogP contribution in [0.3, 0.4) is 0 Å². The van der Waals surface area contributed by atoms with Crippen LogP contribution < -0.4 is 0 Å².